The van der Waals surface area contributed by atoms with Gasteiger partial charge in [-0.15, -0.1) is 6.58 Å². The molecule has 1 aromatic heterocycles. The summed E-state index contributed by atoms with van der Waals surface area (Å²) in [5.74, 6) is -0.391. The summed E-state index contributed by atoms with van der Waals surface area (Å²) in [4.78, 5) is 14.8. The Hall–Kier alpha value is -2.10. The molecule has 0 aliphatic carbocycles. The molecule has 94 valence electrons. The molecule has 18 heavy (non-hydrogen) atoms. The van der Waals surface area contributed by atoms with Gasteiger partial charge < -0.3 is 10.3 Å². The van der Waals surface area contributed by atoms with Crippen molar-refractivity contribution in [1.82, 2.24) is 10.3 Å². The maximum absolute atomic E-state index is 13.2. The third-order valence-corrected chi connectivity index (χ3v) is 2.86. The van der Waals surface area contributed by atoms with Crippen LogP contribution in [0.5, 0.6) is 0 Å². The van der Waals surface area contributed by atoms with Crippen LogP contribution in [0.25, 0.3) is 10.9 Å². The second-order valence-electron chi connectivity index (χ2n) is 4.19. The van der Waals surface area contributed by atoms with Crippen LogP contribution >= 0.6 is 0 Å². The lowest BCUT2D eigenvalue weighted by Crippen LogP contribution is -2.25. The van der Waals surface area contributed by atoms with Crippen molar-refractivity contribution < 1.29 is 9.18 Å². The van der Waals surface area contributed by atoms with E-state index in [9.17, 15) is 9.18 Å². The van der Waals surface area contributed by atoms with Crippen LogP contribution in [-0.2, 0) is 11.2 Å². The first-order valence-corrected chi connectivity index (χ1v) is 5.76. The Morgan fingerprint density at radius 3 is 3.06 bits per heavy atom. The van der Waals surface area contributed by atoms with Crippen LogP contribution in [0.3, 0.4) is 0 Å². The molecule has 0 aliphatic rings. The molecule has 0 unspecified atom stereocenters. The summed E-state index contributed by atoms with van der Waals surface area (Å²) in [6.07, 6.45) is 1.86. The summed E-state index contributed by atoms with van der Waals surface area (Å²) < 4.78 is 13.2. The van der Waals surface area contributed by atoms with Gasteiger partial charge in [-0.3, -0.25) is 4.79 Å². The molecule has 2 N–H and O–H groups in total. The highest BCUT2D eigenvalue weighted by atomic mass is 19.1. The van der Waals surface area contributed by atoms with E-state index in [-0.39, 0.29) is 18.1 Å². The number of carbonyl (C=O) groups is 1. The van der Waals surface area contributed by atoms with Gasteiger partial charge in [0.05, 0.1) is 6.42 Å². The molecule has 4 heteroatoms. The maximum Gasteiger partial charge on any atom is 0.224 e. The largest absolute Gasteiger partial charge is 0.358 e. The van der Waals surface area contributed by atoms with Gasteiger partial charge in [0, 0.05) is 23.1 Å². The molecular weight excluding hydrogens is 231 g/mol. The van der Waals surface area contributed by atoms with E-state index in [0.29, 0.717) is 6.54 Å². The zero-order chi connectivity index (χ0) is 13.1. The van der Waals surface area contributed by atoms with Crippen LogP contribution in [0.1, 0.15) is 11.3 Å². The number of hydrogen-bond donors (Lipinski definition) is 2. The van der Waals surface area contributed by atoms with Gasteiger partial charge in [-0.05, 0) is 30.7 Å². The molecule has 2 aromatic rings. The number of benzene rings is 1. The number of aromatic amines is 1. The molecule has 0 saturated carbocycles. The first-order chi connectivity index (χ1) is 8.61. The van der Waals surface area contributed by atoms with E-state index in [0.717, 1.165) is 22.2 Å². The van der Waals surface area contributed by atoms with Gasteiger partial charge >= 0.3 is 0 Å². The van der Waals surface area contributed by atoms with Crippen LogP contribution in [-0.4, -0.2) is 17.4 Å². The van der Waals surface area contributed by atoms with Crippen LogP contribution in [0.4, 0.5) is 4.39 Å². The van der Waals surface area contributed by atoms with Gasteiger partial charge in [-0.2, -0.15) is 0 Å². The van der Waals surface area contributed by atoms with Gasteiger partial charge in [0.15, 0.2) is 0 Å². The van der Waals surface area contributed by atoms with E-state index < -0.39 is 0 Å². The van der Waals surface area contributed by atoms with Gasteiger partial charge in [-0.25, -0.2) is 4.39 Å². The van der Waals surface area contributed by atoms with Crippen LogP contribution in [0.15, 0.2) is 30.9 Å². The first-order valence-electron chi connectivity index (χ1n) is 5.76. The monoisotopic (exact) mass is 246 g/mol. The second kappa shape index (κ2) is 5.04. The molecular formula is C14H15FN2O. The SMILES string of the molecule is C=CCNC(=O)Cc1c(C)[nH]c2ccc(F)cc12. The highest BCUT2D eigenvalue weighted by Gasteiger charge is 2.12. The van der Waals surface area contributed by atoms with Gasteiger partial charge in [-0.1, -0.05) is 6.08 Å². The smallest absolute Gasteiger partial charge is 0.224 e. The molecule has 1 amide bonds. The number of amides is 1. The van der Waals surface area contributed by atoms with Crippen molar-refractivity contribution in [1.29, 1.82) is 0 Å². The number of H-pyrrole nitrogens is 1. The molecule has 3 nitrogen and oxygen atoms in total. The average Bonchev–Trinajstić information content (AvgIpc) is 2.63. The molecule has 0 atom stereocenters. The number of carbonyl (C=O) groups excluding carboxylic acids is 1. The molecule has 0 spiro atoms. The van der Waals surface area contributed by atoms with Gasteiger partial charge in [0.2, 0.25) is 5.91 Å². The van der Waals surface area contributed by atoms with Crippen molar-refractivity contribution in [2.75, 3.05) is 6.54 Å². The van der Waals surface area contributed by atoms with Crippen molar-refractivity contribution >= 4 is 16.8 Å². The number of nitrogens with one attached hydrogen (secondary N) is 2. The van der Waals surface area contributed by atoms with Crippen molar-refractivity contribution in [2.45, 2.75) is 13.3 Å². The topological polar surface area (TPSA) is 44.9 Å². The minimum absolute atomic E-state index is 0.0943. The maximum atomic E-state index is 13.2. The van der Waals surface area contributed by atoms with Crippen molar-refractivity contribution in [3.63, 3.8) is 0 Å². The summed E-state index contributed by atoms with van der Waals surface area (Å²) in [7, 11) is 0. The van der Waals surface area contributed by atoms with Crippen LogP contribution in [0, 0.1) is 12.7 Å². The van der Waals surface area contributed by atoms with Gasteiger partial charge in [0.25, 0.3) is 0 Å². The highest BCUT2D eigenvalue weighted by molar-refractivity contribution is 5.90. The Kier molecular flexibility index (Phi) is 3.46. The molecule has 0 fully saturated rings. The van der Waals surface area contributed by atoms with E-state index in [4.69, 9.17) is 0 Å². The number of aryl methyl sites for hydroxylation is 1. The Morgan fingerprint density at radius 1 is 1.56 bits per heavy atom. The predicted octanol–water partition coefficient (Wildman–Crippen LogP) is 2.46. The first kappa shape index (κ1) is 12.4. The number of hydrogen-bond acceptors (Lipinski definition) is 1. The zero-order valence-corrected chi connectivity index (χ0v) is 10.2. The fourth-order valence-corrected chi connectivity index (χ4v) is 1.99. The van der Waals surface area contributed by atoms with E-state index in [1.807, 2.05) is 6.92 Å². The number of aromatic nitrogens is 1. The minimum Gasteiger partial charge on any atom is -0.358 e. The van der Waals surface area contributed by atoms with Crippen molar-refractivity contribution in [3.05, 3.63) is 47.9 Å². The van der Waals surface area contributed by atoms with Crippen LogP contribution in [0.2, 0.25) is 0 Å². The van der Waals surface area contributed by atoms with Crippen molar-refractivity contribution in [3.8, 4) is 0 Å². The predicted molar refractivity (Wildman–Crippen MR) is 69.9 cm³/mol. The Labute approximate surface area is 105 Å². The molecule has 0 aliphatic heterocycles. The minimum atomic E-state index is -0.297. The van der Waals surface area contributed by atoms with E-state index in [2.05, 4.69) is 16.9 Å². The van der Waals surface area contributed by atoms with E-state index >= 15 is 0 Å². The van der Waals surface area contributed by atoms with E-state index in [1.54, 1.807) is 12.1 Å². The highest BCUT2D eigenvalue weighted by Crippen LogP contribution is 2.23. The lowest BCUT2D eigenvalue weighted by atomic mass is 10.1. The molecule has 0 saturated heterocycles. The normalized spacial score (nSPS) is 10.6. The van der Waals surface area contributed by atoms with Crippen molar-refractivity contribution in [2.24, 2.45) is 0 Å². The summed E-state index contributed by atoms with van der Waals surface area (Å²) in [5, 5.41) is 3.48. The standard InChI is InChI=1S/C14H15FN2O/c1-3-6-16-14(18)8-11-9(2)17-13-5-4-10(15)7-12(11)13/h3-5,7,17H,1,6,8H2,2H3,(H,16,18). The summed E-state index contributed by atoms with van der Waals surface area (Å²) in [5.41, 5.74) is 2.58. The lowest BCUT2D eigenvalue weighted by molar-refractivity contribution is -0.120. The van der Waals surface area contributed by atoms with Crippen LogP contribution < -0.4 is 5.32 Å². The third kappa shape index (κ3) is 2.42. The summed E-state index contributed by atoms with van der Waals surface area (Å²) in [6, 6.07) is 4.54. The van der Waals surface area contributed by atoms with Gasteiger partial charge in [0.1, 0.15) is 5.82 Å². The number of fused-ring (bicyclic) bond motifs is 1. The molecule has 2 rings (SSSR count). The quantitative estimate of drug-likeness (QED) is 0.800. The van der Waals surface area contributed by atoms with E-state index in [1.165, 1.54) is 12.1 Å². The summed E-state index contributed by atoms with van der Waals surface area (Å²) >= 11 is 0. The number of halogens is 1. The fraction of sp³-hybridized carbons (Fsp3) is 0.214. The number of rotatable bonds is 4. The Balaban J connectivity index is 2.32. The molecule has 1 aromatic carbocycles. The fourth-order valence-electron chi connectivity index (χ4n) is 1.99. The molecule has 0 radical (unpaired) electrons. The Morgan fingerprint density at radius 2 is 2.33 bits per heavy atom. The Bertz CT molecular complexity index is 601. The molecule has 1 heterocycles. The third-order valence-electron chi connectivity index (χ3n) is 2.86. The second-order valence-corrected chi connectivity index (χ2v) is 4.19. The molecule has 0 bridgehead atoms. The average molecular weight is 246 g/mol. The zero-order valence-electron chi connectivity index (χ0n) is 10.2. The summed E-state index contributed by atoms with van der Waals surface area (Å²) in [6.45, 7) is 5.86. The lowest BCUT2D eigenvalue weighted by Gasteiger charge is -2.03.